The Kier molecular flexibility index (Phi) is 6.55. The molecule has 0 aromatic heterocycles. The summed E-state index contributed by atoms with van der Waals surface area (Å²) in [6, 6.07) is 6.75. The lowest BCUT2D eigenvalue weighted by atomic mass is 9.98. The first-order valence-corrected chi connectivity index (χ1v) is 10.1. The van der Waals surface area contributed by atoms with Crippen LogP contribution >= 0.6 is 11.6 Å². The lowest BCUT2D eigenvalue weighted by Crippen LogP contribution is -2.49. The average molecular weight is 447 g/mol. The number of fused-ring (bicyclic) bond motifs is 1. The molecular formula is C23H24ClFN2O4. The molecule has 0 bridgehead atoms. The van der Waals surface area contributed by atoms with Gasteiger partial charge in [0.1, 0.15) is 23.2 Å². The first kappa shape index (κ1) is 22.6. The largest absolute Gasteiger partial charge is 0.453 e. The van der Waals surface area contributed by atoms with E-state index in [0.29, 0.717) is 17.7 Å². The molecule has 164 valence electrons. The summed E-state index contributed by atoms with van der Waals surface area (Å²) in [4.78, 5) is 24.7. The highest BCUT2D eigenvalue weighted by Gasteiger charge is 2.32. The first-order valence-electron chi connectivity index (χ1n) is 9.76. The fourth-order valence-corrected chi connectivity index (χ4v) is 3.35. The molecule has 0 saturated carbocycles. The monoisotopic (exact) mass is 446 g/mol. The summed E-state index contributed by atoms with van der Waals surface area (Å²) in [5, 5.41) is 5.57. The van der Waals surface area contributed by atoms with Crippen LogP contribution in [0.3, 0.4) is 0 Å². The van der Waals surface area contributed by atoms with E-state index in [1.807, 2.05) is 0 Å². The smallest absolute Gasteiger partial charge is 0.408 e. The van der Waals surface area contributed by atoms with Crippen LogP contribution in [0.1, 0.15) is 31.9 Å². The number of carbonyl (C=O) groups is 2. The van der Waals surface area contributed by atoms with Crippen LogP contribution in [0.15, 0.2) is 43.0 Å². The van der Waals surface area contributed by atoms with Crippen LogP contribution in [0.4, 0.5) is 14.9 Å². The van der Waals surface area contributed by atoms with Gasteiger partial charge in [-0.25, -0.2) is 9.18 Å². The Morgan fingerprint density at radius 1 is 1.35 bits per heavy atom. The van der Waals surface area contributed by atoms with Gasteiger partial charge in [0.15, 0.2) is 5.75 Å². The van der Waals surface area contributed by atoms with E-state index >= 15 is 0 Å². The second kappa shape index (κ2) is 8.98. The van der Waals surface area contributed by atoms with Crippen molar-refractivity contribution in [3.63, 3.8) is 0 Å². The van der Waals surface area contributed by atoms with Crippen molar-refractivity contribution in [1.29, 1.82) is 0 Å². The number of halogens is 2. The Labute approximate surface area is 185 Å². The number of ether oxygens (including phenoxy) is 2. The van der Waals surface area contributed by atoms with Crippen LogP contribution in [0.5, 0.6) is 11.5 Å². The Balaban J connectivity index is 1.88. The number of anilines is 1. The SMILES string of the molecule is C=CCc1ccc(F)cc1Oc1c(Cl)ccc2c1NC(=O)[C@H](NC(=O)OC(C)(C)C)C2. The number of benzene rings is 2. The maximum absolute atomic E-state index is 13.8. The predicted molar refractivity (Wildman–Crippen MR) is 117 cm³/mol. The van der Waals surface area contributed by atoms with Crippen molar-refractivity contribution in [2.75, 3.05) is 5.32 Å². The van der Waals surface area contributed by atoms with Gasteiger partial charge in [-0.1, -0.05) is 29.8 Å². The van der Waals surface area contributed by atoms with Crippen LogP contribution in [-0.2, 0) is 22.4 Å². The molecule has 3 rings (SSSR count). The molecule has 0 saturated heterocycles. The molecule has 1 aliphatic heterocycles. The minimum absolute atomic E-state index is 0.208. The maximum Gasteiger partial charge on any atom is 0.408 e. The number of alkyl carbamates (subject to hydrolysis) is 1. The summed E-state index contributed by atoms with van der Waals surface area (Å²) >= 11 is 6.34. The molecule has 1 aliphatic rings. The number of amides is 2. The van der Waals surface area contributed by atoms with Crippen LogP contribution in [0.2, 0.25) is 5.02 Å². The normalized spacial score (nSPS) is 15.5. The van der Waals surface area contributed by atoms with E-state index in [1.54, 1.807) is 45.0 Å². The molecule has 2 amide bonds. The molecule has 0 unspecified atom stereocenters. The highest BCUT2D eigenvalue weighted by molar-refractivity contribution is 6.32. The lowest BCUT2D eigenvalue weighted by Gasteiger charge is -2.28. The molecule has 0 spiro atoms. The lowest BCUT2D eigenvalue weighted by molar-refractivity contribution is -0.118. The van der Waals surface area contributed by atoms with Gasteiger partial charge in [0.25, 0.3) is 0 Å². The Hall–Kier alpha value is -3.06. The molecule has 6 nitrogen and oxygen atoms in total. The number of hydrogen-bond acceptors (Lipinski definition) is 4. The first-order chi connectivity index (χ1) is 14.6. The molecule has 0 aliphatic carbocycles. The predicted octanol–water partition coefficient (Wildman–Crippen LogP) is 5.39. The zero-order chi connectivity index (χ0) is 22.8. The quantitative estimate of drug-likeness (QED) is 0.604. The highest BCUT2D eigenvalue weighted by atomic mass is 35.5. The zero-order valence-electron chi connectivity index (χ0n) is 17.6. The van der Waals surface area contributed by atoms with Crippen molar-refractivity contribution in [2.45, 2.75) is 45.3 Å². The number of rotatable bonds is 5. The molecule has 2 N–H and O–H groups in total. The fraction of sp³-hybridized carbons (Fsp3) is 0.304. The summed E-state index contributed by atoms with van der Waals surface area (Å²) in [5.41, 5.74) is 1.13. The van der Waals surface area contributed by atoms with Gasteiger partial charge in [-0.2, -0.15) is 0 Å². The molecule has 0 fully saturated rings. The third kappa shape index (κ3) is 5.55. The molecule has 1 heterocycles. The van der Waals surface area contributed by atoms with E-state index in [4.69, 9.17) is 21.1 Å². The average Bonchev–Trinajstić information content (AvgIpc) is 2.66. The van der Waals surface area contributed by atoms with Crippen molar-refractivity contribution in [3.05, 3.63) is 65.0 Å². The fourth-order valence-electron chi connectivity index (χ4n) is 3.15. The van der Waals surface area contributed by atoms with Crippen molar-refractivity contribution in [1.82, 2.24) is 5.32 Å². The third-order valence-corrected chi connectivity index (χ3v) is 4.78. The van der Waals surface area contributed by atoms with Crippen LogP contribution in [-0.4, -0.2) is 23.6 Å². The number of hydrogen-bond donors (Lipinski definition) is 2. The van der Waals surface area contributed by atoms with E-state index in [2.05, 4.69) is 17.2 Å². The van der Waals surface area contributed by atoms with Gasteiger partial charge in [-0.3, -0.25) is 4.79 Å². The topological polar surface area (TPSA) is 76.7 Å². The van der Waals surface area contributed by atoms with Gasteiger partial charge < -0.3 is 20.1 Å². The van der Waals surface area contributed by atoms with Crippen molar-refractivity contribution in [3.8, 4) is 11.5 Å². The number of carbonyl (C=O) groups excluding carboxylic acids is 2. The summed E-state index contributed by atoms with van der Waals surface area (Å²) < 4.78 is 25.0. The summed E-state index contributed by atoms with van der Waals surface area (Å²) in [5.74, 6) is -0.414. The highest BCUT2D eigenvalue weighted by Crippen LogP contribution is 2.42. The maximum atomic E-state index is 13.8. The van der Waals surface area contributed by atoms with Gasteiger partial charge in [0.05, 0.1) is 10.7 Å². The van der Waals surface area contributed by atoms with Gasteiger partial charge in [0.2, 0.25) is 5.91 Å². The molecule has 2 aromatic rings. The Bertz CT molecular complexity index is 1030. The minimum atomic E-state index is -0.818. The molecule has 2 aromatic carbocycles. The summed E-state index contributed by atoms with van der Waals surface area (Å²) in [6.45, 7) is 8.91. The summed E-state index contributed by atoms with van der Waals surface area (Å²) in [7, 11) is 0. The number of allylic oxidation sites excluding steroid dienone is 1. The molecule has 1 atom stereocenters. The van der Waals surface area contributed by atoms with Crippen LogP contribution in [0.25, 0.3) is 0 Å². The van der Waals surface area contributed by atoms with Crippen LogP contribution < -0.4 is 15.4 Å². The second-order valence-corrected chi connectivity index (χ2v) is 8.56. The molecule has 31 heavy (non-hydrogen) atoms. The Morgan fingerprint density at radius 3 is 2.77 bits per heavy atom. The summed E-state index contributed by atoms with van der Waals surface area (Å²) in [6.07, 6.45) is 1.68. The van der Waals surface area contributed by atoms with E-state index in [0.717, 1.165) is 5.56 Å². The van der Waals surface area contributed by atoms with Crippen LogP contribution in [0, 0.1) is 5.82 Å². The molecular weight excluding hydrogens is 423 g/mol. The van der Waals surface area contributed by atoms with E-state index in [-0.39, 0.29) is 22.9 Å². The van der Waals surface area contributed by atoms with E-state index in [9.17, 15) is 14.0 Å². The molecule has 0 radical (unpaired) electrons. The van der Waals surface area contributed by atoms with E-state index < -0.39 is 29.5 Å². The van der Waals surface area contributed by atoms with Crippen molar-refractivity contribution in [2.24, 2.45) is 0 Å². The van der Waals surface area contributed by atoms with Gasteiger partial charge in [0, 0.05) is 12.5 Å². The number of nitrogens with one attached hydrogen (secondary N) is 2. The zero-order valence-corrected chi connectivity index (χ0v) is 18.3. The van der Waals surface area contributed by atoms with Gasteiger partial charge >= 0.3 is 6.09 Å². The van der Waals surface area contributed by atoms with Gasteiger partial charge in [-0.15, -0.1) is 6.58 Å². The van der Waals surface area contributed by atoms with Gasteiger partial charge in [-0.05, 0) is 50.5 Å². The standard InChI is InChI=1S/C23H24ClFN2O4/c1-5-6-13-7-9-15(25)12-18(13)30-20-16(24)10-8-14-11-17(21(28)27-19(14)20)26-22(29)31-23(2,3)4/h5,7-10,12,17H,1,6,11H2,2-4H3,(H,26,29)(H,27,28)/t17-/m1/s1. The van der Waals surface area contributed by atoms with Crippen molar-refractivity contribution >= 4 is 29.3 Å². The second-order valence-electron chi connectivity index (χ2n) is 8.15. The van der Waals surface area contributed by atoms with Crippen molar-refractivity contribution < 1.29 is 23.5 Å². The van der Waals surface area contributed by atoms with E-state index in [1.165, 1.54) is 12.1 Å². The third-order valence-electron chi connectivity index (χ3n) is 4.48. The minimum Gasteiger partial charge on any atom is -0.453 e. The Morgan fingerprint density at radius 2 is 2.10 bits per heavy atom. The molecule has 8 heteroatoms.